The number of rotatable bonds is 11. The first kappa shape index (κ1) is 29.9. The third-order valence-corrected chi connectivity index (χ3v) is 8.33. The van der Waals surface area contributed by atoms with Crippen LogP contribution in [0.25, 0.3) is 0 Å². The molecule has 3 rings (SSSR count). The Labute approximate surface area is 234 Å². The number of fused-ring (bicyclic) bond motifs is 1. The molecule has 38 heavy (non-hydrogen) atoms. The molecule has 2 aromatic rings. The molecule has 1 heterocycles. The maximum atomic E-state index is 13.8. The van der Waals surface area contributed by atoms with Crippen molar-refractivity contribution in [2.24, 2.45) is 5.92 Å². The Morgan fingerprint density at radius 1 is 1.03 bits per heavy atom. The van der Waals surface area contributed by atoms with Crippen LogP contribution in [0, 0.1) is 5.92 Å². The zero-order valence-electron chi connectivity index (χ0n) is 21.9. The summed E-state index contributed by atoms with van der Waals surface area (Å²) >= 11 is 12.4. The van der Waals surface area contributed by atoms with Crippen molar-refractivity contribution in [3.05, 3.63) is 52.0 Å². The fraction of sp³-hybridized carbons (Fsp3) is 0.462. The van der Waals surface area contributed by atoms with Crippen molar-refractivity contribution in [2.75, 3.05) is 36.4 Å². The van der Waals surface area contributed by atoms with Crippen LogP contribution < -0.4 is 19.1 Å². The summed E-state index contributed by atoms with van der Waals surface area (Å²) in [5, 5.41) is 3.60. The van der Waals surface area contributed by atoms with Gasteiger partial charge in [-0.3, -0.25) is 13.9 Å². The van der Waals surface area contributed by atoms with Gasteiger partial charge in [-0.25, -0.2) is 8.42 Å². The third-order valence-electron chi connectivity index (χ3n) is 6.00. The lowest BCUT2D eigenvalue weighted by molar-refractivity contribution is -0.139. The van der Waals surface area contributed by atoms with Crippen molar-refractivity contribution in [1.82, 2.24) is 10.2 Å². The lowest BCUT2D eigenvalue weighted by Crippen LogP contribution is -2.51. The highest BCUT2D eigenvalue weighted by Crippen LogP contribution is 2.35. The summed E-state index contributed by atoms with van der Waals surface area (Å²) in [6.45, 7) is 7.62. The molecule has 0 aliphatic carbocycles. The van der Waals surface area contributed by atoms with Gasteiger partial charge in [0.15, 0.2) is 11.5 Å². The monoisotopic (exact) mass is 585 g/mol. The number of benzene rings is 2. The standard InChI is InChI=1S/C26H33Cl2N3O6S/c1-5-38(34,35)31(21-8-9-23-24(13-21)37-11-10-36-23)16-25(32)30(18(4)26(33)29-14-17(2)3)15-19-6-7-20(27)12-22(19)28/h6-9,12-13,17-18H,5,10-11,14-16H2,1-4H3,(H,29,33). The quantitative estimate of drug-likeness (QED) is 0.425. The van der Waals surface area contributed by atoms with E-state index in [0.717, 1.165) is 4.31 Å². The third kappa shape index (κ3) is 7.45. The Morgan fingerprint density at radius 3 is 2.34 bits per heavy atom. The normalized spacial score (nSPS) is 13.7. The van der Waals surface area contributed by atoms with Gasteiger partial charge in [0.1, 0.15) is 25.8 Å². The minimum Gasteiger partial charge on any atom is -0.486 e. The van der Waals surface area contributed by atoms with Crippen LogP contribution in [0.2, 0.25) is 10.0 Å². The van der Waals surface area contributed by atoms with E-state index in [9.17, 15) is 18.0 Å². The molecule has 2 aromatic carbocycles. The number of anilines is 1. The van der Waals surface area contributed by atoms with Gasteiger partial charge in [-0.05, 0) is 49.6 Å². The first-order valence-corrected chi connectivity index (χ1v) is 14.7. The Bertz CT molecular complexity index is 1270. The van der Waals surface area contributed by atoms with E-state index in [1.807, 2.05) is 13.8 Å². The minimum absolute atomic E-state index is 0.0216. The predicted octanol–water partition coefficient (Wildman–Crippen LogP) is 4.11. The molecule has 2 amide bonds. The van der Waals surface area contributed by atoms with Gasteiger partial charge in [-0.15, -0.1) is 0 Å². The van der Waals surface area contributed by atoms with Crippen LogP contribution >= 0.6 is 23.2 Å². The number of carbonyl (C=O) groups is 2. The maximum absolute atomic E-state index is 13.8. The molecule has 1 atom stereocenters. The van der Waals surface area contributed by atoms with Crippen LogP contribution in [0.3, 0.4) is 0 Å². The molecule has 0 saturated heterocycles. The lowest BCUT2D eigenvalue weighted by atomic mass is 10.1. The topological polar surface area (TPSA) is 105 Å². The van der Waals surface area contributed by atoms with Gasteiger partial charge in [0.25, 0.3) is 0 Å². The van der Waals surface area contributed by atoms with Crippen molar-refractivity contribution >= 4 is 50.7 Å². The van der Waals surface area contributed by atoms with Gasteiger partial charge in [-0.1, -0.05) is 43.1 Å². The van der Waals surface area contributed by atoms with Crippen molar-refractivity contribution < 1.29 is 27.5 Å². The molecule has 0 saturated carbocycles. The molecule has 12 heteroatoms. The molecule has 1 N–H and O–H groups in total. The second kappa shape index (κ2) is 12.9. The molecule has 1 unspecified atom stereocenters. The molecule has 0 spiro atoms. The summed E-state index contributed by atoms with van der Waals surface area (Å²) in [4.78, 5) is 28.1. The Hall–Kier alpha value is -2.69. The second-order valence-electron chi connectivity index (χ2n) is 9.31. The first-order valence-electron chi connectivity index (χ1n) is 12.3. The van der Waals surface area contributed by atoms with Crippen molar-refractivity contribution in [1.29, 1.82) is 0 Å². The predicted molar refractivity (Wildman–Crippen MR) is 149 cm³/mol. The van der Waals surface area contributed by atoms with Crippen LogP contribution in [0.1, 0.15) is 33.3 Å². The number of ether oxygens (including phenoxy) is 2. The smallest absolute Gasteiger partial charge is 0.244 e. The van der Waals surface area contributed by atoms with Gasteiger partial charge in [0.2, 0.25) is 21.8 Å². The lowest BCUT2D eigenvalue weighted by Gasteiger charge is -2.32. The Kier molecular flexibility index (Phi) is 10.1. The van der Waals surface area contributed by atoms with Crippen LogP contribution in [-0.4, -0.2) is 63.2 Å². The number of nitrogens with one attached hydrogen (secondary N) is 1. The number of amides is 2. The SMILES string of the molecule is CCS(=O)(=O)N(CC(=O)N(Cc1ccc(Cl)cc1Cl)C(C)C(=O)NCC(C)C)c1ccc2c(c1)OCCO2. The van der Waals surface area contributed by atoms with Gasteiger partial charge in [0, 0.05) is 29.2 Å². The van der Waals surface area contributed by atoms with Crippen LogP contribution in [-0.2, 0) is 26.2 Å². The summed E-state index contributed by atoms with van der Waals surface area (Å²) in [5.41, 5.74) is 0.822. The summed E-state index contributed by atoms with van der Waals surface area (Å²) in [6.07, 6.45) is 0. The molecule has 0 radical (unpaired) electrons. The summed E-state index contributed by atoms with van der Waals surface area (Å²) in [6, 6.07) is 8.66. The van der Waals surface area contributed by atoms with E-state index < -0.39 is 28.5 Å². The number of hydrogen-bond donors (Lipinski definition) is 1. The van der Waals surface area contributed by atoms with Crippen molar-refractivity contribution in [3.63, 3.8) is 0 Å². The molecule has 9 nitrogen and oxygen atoms in total. The first-order chi connectivity index (χ1) is 17.9. The fourth-order valence-electron chi connectivity index (χ4n) is 3.78. The average molecular weight is 587 g/mol. The highest BCUT2D eigenvalue weighted by Gasteiger charge is 2.32. The molecule has 1 aliphatic rings. The molecular weight excluding hydrogens is 553 g/mol. The van der Waals surface area contributed by atoms with Gasteiger partial charge < -0.3 is 19.7 Å². The van der Waals surface area contributed by atoms with E-state index in [1.54, 1.807) is 37.3 Å². The van der Waals surface area contributed by atoms with E-state index >= 15 is 0 Å². The number of carbonyl (C=O) groups excluding carboxylic acids is 2. The summed E-state index contributed by atoms with van der Waals surface area (Å²) < 4.78 is 38.4. The summed E-state index contributed by atoms with van der Waals surface area (Å²) in [5.74, 6) is -0.0708. The molecule has 208 valence electrons. The fourth-order valence-corrected chi connectivity index (χ4v) is 5.30. The highest BCUT2D eigenvalue weighted by molar-refractivity contribution is 7.92. The second-order valence-corrected chi connectivity index (χ2v) is 12.3. The van der Waals surface area contributed by atoms with Crippen molar-refractivity contribution in [3.8, 4) is 11.5 Å². The van der Waals surface area contributed by atoms with Gasteiger partial charge in [0.05, 0.1) is 11.4 Å². The number of sulfonamides is 1. The van der Waals surface area contributed by atoms with Crippen LogP contribution in [0.15, 0.2) is 36.4 Å². The zero-order valence-corrected chi connectivity index (χ0v) is 24.2. The van der Waals surface area contributed by atoms with E-state index in [-0.39, 0.29) is 29.8 Å². The molecule has 1 aliphatic heterocycles. The zero-order chi connectivity index (χ0) is 28.0. The molecular formula is C26H33Cl2N3O6S. The maximum Gasteiger partial charge on any atom is 0.244 e. The highest BCUT2D eigenvalue weighted by atomic mass is 35.5. The van der Waals surface area contributed by atoms with Gasteiger partial charge >= 0.3 is 0 Å². The van der Waals surface area contributed by atoms with Crippen LogP contribution in [0.5, 0.6) is 11.5 Å². The van der Waals surface area contributed by atoms with Crippen molar-refractivity contribution in [2.45, 2.75) is 40.3 Å². The van der Waals surface area contributed by atoms with Crippen LogP contribution in [0.4, 0.5) is 5.69 Å². The molecule has 0 bridgehead atoms. The minimum atomic E-state index is -3.88. The number of halogens is 2. The largest absolute Gasteiger partial charge is 0.486 e. The molecule has 0 aromatic heterocycles. The van der Waals surface area contributed by atoms with E-state index in [1.165, 1.54) is 17.9 Å². The average Bonchev–Trinajstić information content (AvgIpc) is 2.89. The van der Waals surface area contributed by atoms with E-state index in [4.69, 9.17) is 32.7 Å². The Morgan fingerprint density at radius 2 is 1.71 bits per heavy atom. The van der Waals surface area contributed by atoms with Gasteiger partial charge in [-0.2, -0.15) is 0 Å². The molecule has 0 fully saturated rings. The number of hydrogen-bond acceptors (Lipinski definition) is 6. The summed E-state index contributed by atoms with van der Waals surface area (Å²) in [7, 11) is -3.88. The number of nitrogens with zero attached hydrogens (tertiary/aromatic N) is 2. The van der Waals surface area contributed by atoms with E-state index in [2.05, 4.69) is 5.32 Å². The Balaban J connectivity index is 1.95. The van der Waals surface area contributed by atoms with E-state index in [0.29, 0.717) is 46.9 Å².